The van der Waals surface area contributed by atoms with Gasteiger partial charge in [-0.2, -0.15) is 0 Å². The summed E-state index contributed by atoms with van der Waals surface area (Å²) in [6.07, 6.45) is -0.0973. The molecule has 2 amide bonds. The van der Waals surface area contributed by atoms with E-state index in [0.29, 0.717) is 12.8 Å². The second-order valence-electron chi connectivity index (χ2n) is 2.56. The van der Waals surface area contributed by atoms with E-state index in [2.05, 4.69) is 5.32 Å². The van der Waals surface area contributed by atoms with Crippen LogP contribution in [0.15, 0.2) is 0 Å². The number of rotatable bonds is 1. The molecule has 1 fully saturated rings. The summed E-state index contributed by atoms with van der Waals surface area (Å²) in [4.78, 5) is 21.4. The Kier molecular flexibility index (Phi) is 2.09. The van der Waals surface area contributed by atoms with Gasteiger partial charge in [0, 0.05) is 0 Å². The van der Waals surface area contributed by atoms with Gasteiger partial charge >= 0.3 is 0 Å². The summed E-state index contributed by atoms with van der Waals surface area (Å²) in [6, 6.07) is 0. The number of nitrogens with one attached hydrogen (secondary N) is 1. The van der Waals surface area contributed by atoms with Gasteiger partial charge in [-0.15, -0.1) is 0 Å². The van der Waals surface area contributed by atoms with E-state index in [1.54, 1.807) is 0 Å². The lowest BCUT2D eigenvalue weighted by molar-refractivity contribution is -0.138. The first-order valence-corrected chi connectivity index (χ1v) is 3.39. The number of carbonyl (C=O) groups excluding carboxylic acids is 2. The highest BCUT2D eigenvalue weighted by molar-refractivity contribution is 5.99. The Hall–Kier alpha value is -1.10. The lowest BCUT2D eigenvalue weighted by Crippen LogP contribution is -2.48. The molecule has 1 aliphatic heterocycles. The second kappa shape index (κ2) is 2.87. The molecule has 0 aromatic carbocycles. The Morgan fingerprint density at radius 3 is 2.73 bits per heavy atom. The van der Waals surface area contributed by atoms with Gasteiger partial charge in [0.25, 0.3) is 0 Å². The van der Waals surface area contributed by atoms with E-state index in [9.17, 15) is 9.59 Å². The molecule has 5 heteroatoms. The third kappa shape index (κ3) is 1.68. The summed E-state index contributed by atoms with van der Waals surface area (Å²) in [6.45, 7) is 0. The van der Waals surface area contributed by atoms with E-state index in [1.165, 1.54) is 0 Å². The van der Waals surface area contributed by atoms with Crippen LogP contribution in [0.5, 0.6) is 0 Å². The molecule has 1 heterocycles. The lowest BCUT2D eigenvalue weighted by atomic mass is 9.97. The average Bonchev–Trinajstić information content (AvgIpc) is 1.85. The number of nitrogens with two attached hydrogens (primary N) is 1. The van der Waals surface area contributed by atoms with Crippen molar-refractivity contribution in [3.63, 3.8) is 0 Å². The van der Waals surface area contributed by atoms with E-state index in [4.69, 9.17) is 10.8 Å². The molecule has 0 spiro atoms. The van der Waals surface area contributed by atoms with Crippen LogP contribution >= 0.6 is 0 Å². The van der Waals surface area contributed by atoms with Crippen LogP contribution in [0, 0.1) is 5.92 Å². The summed E-state index contributed by atoms with van der Waals surface area (Å²) in [5.41, 5.74) is 4.92. The van der Waals surface area contributed by atoms with Crippen molar-refractivity contribution < 1.29 is 14.7 Å². The third-order valence-corrected chi connectivity index (χ3v) is 1.70. The average molecular weight is 158 g/mol. The Labute approximate surface area is 63.6 Å². The molecule has 0 radical (unpaired) electrons. The third-order valence-electron chi connectivity index (χ3n) is 1.70. The molecule has 0 aromatic heterocycles. The van der Waals surface area contributed by atoms with Crippen LogP contribution in [0.3, 0.4) is 0 Å². The molecule has 1 saturated heterocycles. The highest BCUT2D eigenvalue weighted by Crippen LogP contribution is 2.13. The van der Waals surface area contributed by atoms with Gasteiger partial charge in [0.2, 0.25) is 11.8 Å². The predicted octanol–water partition coefficient (Wildman–Crippen LogP) is -1.68. The summed E-state index contributed by atoms with van der Waals surface area (Å²) in [7, 11) is 0. The standard InChI is InChI=1S/C6H10N2O3/c7-5(10)3-1-2-4(9)8-6(3)11/h3-4,9H,1-2H2,(H2,7,10)(H,8,11). The van der Waals surface area contributed by atoms with Crippen molar-refractivity contribution in [1.82, 2.24) is 5.32 Å². The van der Waals surface area contributed by atoms with Crippen molar-refractivity contribution in [2.75, 3.05) is 0 Å². The molecule has 2 atom stereocenters. The van der Waals surface area contributed by atoms with Crippen LogP contribution in [0.4, 0.5) is 0 Å². The minimum absolute atomic E-state index is 0.336. The van der Waals surface area contributed by atoms with Gasteiger partial charge < -0.3 is 16.2 Å². The highest BCUT2D eigenvalue weighted by Gasteiger charge is 2.30. The fraction of sp³-hybridized carbons (Fsp3) is 0.667. The Bertz CT molecular complexity index is 192. The maximum atomic E-state index is 10.9. The normalized spacial score (nSPS) is 31.2. The molecule has 62 valence electrons. The first kappa shape index (κ1) is 8.00. The first-order valence-electron chi connectivity index (χ1n) is 3.39. The van der Waals surface area contributed by atoms with Gasteiger partial charge in [0.05, 0.1) is 0 Å². The van der Waals surface area contributed by atoms with Gasteiger partial charge in [-0.25, -0.2) is 0 Å². The van der Waals surface area contributed by atoms with Crippen LogP contribution < -0.4 is 11.1 Å². The smallest absolute Gasteiger partial charge is 0.234 e. The number of aliphatic hydroxyl groups excluding tert-OH is 1. The van der Waals surface area contributed by atoms with E-state index in [-0.39, 0.29) is 0 Å². The molecule has 0 bridgehead atoms. The van der Waals surface area contributed by atoms with E-state index >= 15 is 0 Å². The van der Waals surface area contributed by atoms with Gasteiger partial charge in [-0.1, -0.05) is 0 Å². The Morgan fingerprint density at radius 1 is 1.64 bits per heavy atom. The summed E-state index contributed by atoms with van der Waals surface area (Å²) in [5, 5.41) is 11.1. The summed E-state index contributed by atoms with van der Waals surface area (Å²) >= 11 is 0. The SMILES string of the molecule is NC(=O)C1CCC(O)NC1=O. The molecule has 4 N–H and O–H groups in total. The minimum atomic E-state index is -0.821. The monoisotopic (exact) mass is 158 g/mol. The fourth-order valence-electron chi connectivity index (χ4n) is 1.06. The first-order chi connectivity index (χ1) is 5.11. The molecule has 0 aromatic rings. The molecule has 2 unspecified atom stereocenters. The Morgan fingerprint density at radius 2 is 2.27 bits per heavy atom. The molecule has 1 aliphatic rings. The van der Waals surface area contributed by atoms with Crippen LogP contribution in [-0.2, 0) is 9.59 Å². The number of piperidine rings is 1. The van der Waals surface area contributed by atoms with Crippen molar-refractivity contribution in [2.24, 2.45) is 11.7 Å². The maximum absolute atomic E-state index is 10.9. The van der Waals surface area contributed by atoms with Crippen LogP contribution in [0.2, 0.25) is 0 Å². The van der Waals surface area contributed by atoms with Crippen LogP contribution in [-0.4, -0.2) is 23.1 Å². The van der Waals surface area contributed by atoms with E-state index < -0.39 is 24.0 Å². The highest BCUT2D eigenvalue weighted by atomic mass is 16.3. The van der Waals surface area contributed by atoms with Crippen molar-refractivity contribution >= 4 is 11.8 Å². The number of primary amides is 1. The second-order valence-corrected chi connectivity index (χ2v) is 2.56. The molecular formula is C6H10N2O3. The zero-order chi connectivity index (χ0) is 8.43. The largest absolute Gasteiger partial charge is 0.374 e. The minimum Gasteiger partial charge on any atom is -0.374 e. The van der Waals surface area contributed by atoms with E-state index in [1.807, 2.05) is 0 Å². The molecule has 0 aliphatic carbocycles. The number of carbonyl (C=O) groups is 2. The van der Waals surface area contributed by atoms with Gasteiger partial charge in [-0.3, -0.25) is 9.59 Å². The molecule has 0 saturated carbocycles. The van der Waals surface area contributed by atoms with Crippen molar-refractivity contribution in [3.05, 3.63) is 0 Å². The van der Waals surface area contributed by atoms with Crippen LogP contribution in [0.25, 0.3) is 0 Å². The molecule has 5 nitrogen and oxygen atoms in total. The summed E-state index contributed by atoms with van der Waals surface area (Å²) < 4.78 is 0. The predicted molar refractivity (Wildman–Crippen MR) is 36.1 cm³/mol. The fourth-order valence-corrected chi connectivity index (χ4v) is 1.06. The number of hydrogen-bond acceptors (Lipinski definition) is 3. The molecule has 11 heavy (non-hydrogen) atoms. The van der Waals surface area contributed by atoms with Crippen molar-refractivity contribution in [1.29, 1.82) is 0 Å². The number of aliphatic hydroxyl groups is 1. The topological polar surface area (TPSA) is 92.4 Å². The quantitative estimate of drug-likeness (QED) is 0.398. The number of amides is 2. The summed E-state index contributed by atoms with van der Waals surface area (Å²) in [5.74, 6) is -1.87. The lowest BCUT2D eigenvalue weighted by Gasteiger charge is -2.23. The van der Waals surface area contributed by atoms with E-state index in [0.717, 1.165) is 0 Å². The van der Waals surface area contributed by atoms with Crippen molar-refractivity contribution in [3.8, 4) is 0 Å². The van der Waals surface area contributed by atoms with Gasteiger partial charge in [0.15, 0.2) is 0 Å². The number of hydrogen-bond donors (Lipinski definition) is 3. The molecular weight excluding hydrogens is 148 g/mol. The van der Waals surface area contributed by atoms with Crippen molar-refractivity contribution in [2.45, 2.75) is 19.1 Å². The Balaban J connectivity index is 2.58. The zero-order valence-corrected chi connectivity index (χ0v) is 5.91. The molecule has 1 rings (SSSR count). The van der Waals surface area contributed by atoms with Crippen LogP contribution in [0.1, 0.15) is 12.8 Å². The van der Waals surface area contributed by atoms with Gasteiger partial charge in [0.1, 0.15) is 12.1 Å². The van der Waals surface area contributed by atoms with Gasteiger partial charge in [-0.05, 0) is 12.8 Å². The maximum Gasteiger partial charge on any atom is 0.234 e. The zero-order valence-electron chi connectivity index (χ0n) is 5.91.